The van der Waals surface area contributed by atoms with E-state index in [2.05, 4.69) is 0 Å². The van der Waals surface area contributed by atoms with Gasteiger partial charge in [0.2, 0.25) is 5.91 Å². The molecule has 118 valence electrons. The van der Waals surface area contributed by atoms with Gasteiger partial charge in [-0.2, -0.15) is 13.2 Å². The summed E-state index contributed by atoms with van der Waals surface area (Å²) in [6.07, 6.45) is -4.62. The van der Waals surface area contributed by atoms with E-state index in [1.165, 1.54) is 24.3 Å². The van der Waals surface area contributed by atoms with E-state index in [4.69, 9.17) is 0 Å². The fourth-order valence-electron chi connectivity index (χ4n) is 1.95. The number of aryl methyl sites for hydroxylation is 1. The molecule has 1 heterocycles. The van der Waals surface area contributed by atoms with E-state index in [-0.39, 0.29) is 10.4 Å². The lowest BCUT2D eigenvalue weighted by molar-refractivity contribution is -0.163. The fourth-order valence-corrected chi connectivity index (χ4v) is 2.68. The van der Waals surface area contributed by atoms with Crippen LogP contribution in [0.15, 0.2) is 40.5 Å². The second kappa shape index (κ2) is 6.35. The van der Waals surface area contributed by atoms with Crippen LogP contribution in [-0.2, 0) is 11.3 Å². The molecule has 22 heavy (non-hydrogen) atoms. The first-order valence-corrected chi connectivity index (χ1v) is 7.23. The zero-order valence-electron chi connectivity index (χ0n) is 11.6. The van der Waals surface area contributed by atoms with Gasteiger partial charge in [0.15, 0.2) is 6.04 Å². The number of halogens is 3. The summed E-state index contributed by atoms with van der Waals surface area (Å²) in [6, 6.07) is 5.01. The lowest BCUT2D eigenvalue weighted by Gasteiger charge is -2.22. The standard InChI is InChI=1S/C14H13F3N2O2S/c1-9-8-22-13(21)19(9)7-11(20)18-12(14(15,16)17)10-5-3-2-4-6-10/h2-6,8,12H,7H2,1H3,(H,18,20). The van der Waals surface area contributed by atoms with Crippen molar-refractivity contribution in [1.82, 2.24) is 9.88 Å². The van der Waals surface area contributed by atoms with Crippen molar-refractivity contribution in [3.8, 4) is 0 Å². The van der Waals surface area contributed by atoms with E-state index < -0.39 is 24.7 Å². The average Bonchev–Trinajstić information content (AvgIpc) is 2.76. The average molecular weight is 330 g/mol. The molecule has 2 rings (SSSR count). The van der Waals surface area contributed by atoms with Gasteiger partial charge >= 0.3 is 11.0 Å². The number of aromatic nitrogens is 1. The number of carbonyl (C=O) groups is 1. The van der Waals surface area contributed by atoms with Crippen LogP contribution in [-0.4, -0.2) is 16.7 Å². The van der Waals surface area contributed by atoms with Crippen LogP contribution in [0.2, 0.25) is 0 Å². The molecule has 0 radical (unpaired) electrons. The first kappa shape index (κ1) is 16.3. The summed E-state index contributed by atoms with van der Waals surface area (Å²) in [6.45, 7) is 1.18. The van der Waals surface area contributed by atoms with E-state index in [1.807, 2.05) is 5.32 Å². The van der Waals surface area contributed by atoms with Crippen LogP contribution in [0.5, 0.6) is 0 Å². The van der Waals surface area contributed by atoms with E-state index in [0.717, 1.165) is 15.9 Å². The maximum Gasteiger partial charge on any atom is 0.412 e. The third-order valence-corrected chi connectivity index (χ3v) is 3.92. The van der Waals surface area contributed by atoms with Gasteiger partial charge in [-0.1, -0.05) is 41.7 Å². The van der Waals surface area contributed by atoms with Gasteiger partial charge in [0.25, 0.3) is 0 Å². The number of benzene rings is 1. The number of thiazole rings is 1. The molecule has 0 bridgehead atoms. The van der Waals surface area contributed by atoms with E-state index in [0.29, 0.717) is 5.69 Å². The summed E-state index contributed by atoms with van der Waals surface area (Å²) >= 11 is 0.899. The Labute approximate surface area is 128 Å². The first-order chi connectivity index (χ1) is 10.3. The molecule has 1 N–H and O–H groups in total. The second-order valence-corrected chi connectivity index (χ2v) is 5.50. The van der Waals surface area contributed by atoms with Gasteiger partial charge in [-0.05, 0) is 12.5 Å². The largest absolute Gasteiger partial charge is 0.412 e. The van der Waals surface area contributed by atoms with Crippen LogP contribution >= 0.6 is 11.3 Å². The lowest BCUT2D eigenvalue weighted by atomic mass is 10.1. The van der Waals surface area contributed by atoms with Crippen molar-refractivity contribution >= 4 is 17.2 Å². The minimum atomic E-state index is -4.62. The predicted molar refractivity (Wildman–Crippen MR) is 76.7 cm³/mol. The molecule has 0 fully saturated rings. The summed E-state index contributed by atoms with van der Waals surface area (Å²) in [5.41, 5.74) is 0.478. The predicted octanol–water partition coefficient (Wildman–Crippen LogP) is 2.64. The summed E-state index contributed by atoms with van der Waals surface area (Å²) in [5, 5.41) is 3.50. The first-order valence-electron chi connectivity index (χ1n) is 6.35. The van der Waals surface area contributed by atoms with Crippen LogP contribution < -0.4 is 10.2 Å². The maximum absolute atomic E-state index is 13.1. The Morgan fingerprint density at radius 1 is 1.32 bits per heavy atom. The van der Waals surface area contributed by atoms with Crippen molar-refractivity contribution in [3.63, 3.8) is 0 Å². The third-order valence-electron chi connectivity index (χ3n) is 3.04. The second-order valence-electron chi connectivity index (χ2n) is 4.68. The molecular weight excluding hydrogens is 317 g/mol. The summed E-state index contributed by atoms with van der Waals surface area (Å²) in [7, 11) is 0. The number of nitrogens with zero attached hydrogens (tertiary/aromatic N) is 1. The third kappa shape index (κ3) is 3.76. The van der Waals surface area contributed by atoms with Crippen molar-refractivity contribution in [2.45, 2.75) is 25.7 Å². The topological polar surface area (TPSA) is 51.1 Å². The van der Waals surface area contributed by atoms with Crippen molar-refractivity contribution in [2.24, 2.45) is 0 Å². The zero-order valence-corrected chi connectivity index (χ0v) is 12.4. The molecule has 8 heteroatoms. The summed E-state index contributed by atoms with van der Waals surface area (Å²) in [5.74, 6) is -0.866. The number of hydrogen-bond acceptors (Lipinski definition) is 3. The maximum atomic E-state index is 13.1. The van der Waals surface area contributed by atoms with Gasteiger partial charge < -0.3 is 5.32 Å². The Morgan fingerprint density at radius 2 is 1.95 bits per heavy atom. The smallest absolute Gasteiger partial charge is 0.339 e. The highest BCUT2D eigenvalue weighted by Crippen LogP contribution is 2.32. The number of carbonyl (C=O) groups excluding carboxylic acids is 1. The molecule has 0 aliphatic heterocycles. The zero-order chi connectivity index (χ0) is 16.3. The Kier molecular flexibility index (Phi) is 4.70. The number of amides is 1. The molecular formula is C14H13F3N2O2S. The minimum Gasteiger partial charge on any atom is -0.339 e. The molecule has 1 unspecified atom stereocenters. The molecule has 1 amide bonds. The summed E-state index contributed by atoms with van der Waals surface area (Å²) < 4.78 is 40.5. The van der Waals surface area contributed by atoms with Gasteiger partial charge in [-0.15, -0.1) is 0 Å². The van der Waals surface area contributed by atoms with Crippen molar-refractivity contribution < 1.29 is 18.0 Å². The SMILES string of the molecule is Cc1csc(=O)n1CC(=O)NC(c1ccccc1)C(F)(F)F. The highest BCUT2D eigenvalue weighted by Gasteiger charge is 2.41. The lowest BCUT2D eigenvalue weighted by Crippen LogP contribution is -2.40. The van der Waals surface area contributed by atoms with E-state index >= 15 is 0 Å². The molecule has 1 aromatic heterocycles. The highest BCUT2D eigenvalue weighted by molar-refractivity contribution is 7.07. The molecule has 0 saturated heterocycles. The van der Waals surface area contributed by atoms with Crippen LogP contribution in [0.3, 0.4) is 0 Å². The van der Waals surface area contributed by atoms with E-state index in [9.17, 15) is 22.8 Å². The molecule has 0 saturated carbocycles. The Bertz CT molecular complexity index is 707. The van der Waals surface area contributed by atoms with Crippen molar-refractivity contribution in [3.05, 3.63) is 56.6 Å². The van der Waals surface area contributed by atoms with Gasteiger partial charge in [0.1, 0.15) is 6.54 Å². The number of hydrogen-bond donors (Lipinski definition) is 1. The van der Waals surface area contributed by atoms with Crippen LogP contribution in [0.25, 0.3) is 0 Å². The minimum absolute atomic E-state index is 0.0577. The molecule has 1 atom stereocenters. The van der Waals surface area contributed by atoms with Gasteiger partial charge in [-0.25, -0.2) is 0 Å². The van der Waals surface area contributed by atoms with Crippen LogP contribution in [0, 0.1) is 6.92 Å². The Hall–Kier alpha value is -2.09. The van der Waals surface area contributed by atoms with E-state index in [1.54, 1.807) is 18.4 Å². The number of rotatable bonds is 4. The summed E-state index contributed by atoms with van der Waals surface area (Å²) in [4.78, 5) is 23.0. The fraction of sp³-hybridized carbons (Fsp3) is 0.286. The van der Waals surface area contributed by atoms with Gasteiger partial charge in [-0.3, -0.25) is 14.2 Å². The number of alkyl halides is 3. The van der Waals surface area contributed by atoms with Crippen LogP contribution in [0.4, 0.5) is 13.2 Å². The monoisotopic (exact) mass is 330 g/mol. The molecule has 4 nitrogen and oxygen atoms in total. The molecule has 2 aromatic rings. The quantitative estimate of drug-likeness (QED) is 0.937. The molecule has 0 aliphatic rings. The molecule has 0 spiro atoms. The molecule has 0 aliphatic carbocycles. The normalized spacial score (nSPS) is 12.9. The van der Waals surface area contributed by atoms with Gasteiger partial charge in [0, 0.05) is 11.1 Å². The van der Waals surface area contributed by atoms with Crippen LogP contribution in [0.1, 0.15) is 17.3 Å². The van der Waals surface area contributed by atoms with Gasteiger partial charge in [0.05, 0.1) is 0 Å². The van der Waals surface area contributed by atoms with Crippen molar-refractivity contribution in [1.29, 1.82) is 0 Å². The molecule has 1 aromatic carbocycles. The Morgan fingerprint density at radius 3 is 2.45 bits per heavy atom. The van der Waals surface area contributed by atoms with Crippen molar-refractivity contribution in [2.75, 3.05) is 0 Å². The highest BCUT2D eigenvalue weighted by atomic mass is 32.1. The number of nitrogens with one attached hydrogen (secondary N) is 1. The Balaban J connectivity index is 2.18.